The number of carbonyl (C=O) groups is 2. The van der Waals surface area contributed by atoms with Gasteiger partial charge in [0, 0.05) is 44.1 Å². The van der Waals surface area contributed by atoms with Gasteiger partial charge in [-0.25, -0.2) is 22.8 Å². The minimum atomic E-state index is -4.75. The monoisotopic (exact) mass is 630 g/mol. The third kappa shape index (κ3) is 8.01. The topological polar surface area (TPSA) is 101 Å². The van der Waals surface area contributed by atoms with E-state index in [4.69, 9.17) is 4.74 Å². The predicted octanol–water partition coefficient (Wildman–Crippen LogP) is 7.56. The highest BCUT2D eigenvalue weighted by Crippen LogP contribution is 2.50. The first kappa shape index (κ1) is 32.6. The Balaban J connectivity index is 1.76. The summed E-state index contributed by atoms with van der Waals surface area (Å²) in [6.45, 7) is 6.07. The van der Waals surface area contributed by atoms with E-state index in [9.17, 15) is 35.8 Å². The Morgan fingerprint density at radius 3 is 2.42 bits per heavy atom. The van der Waals surface area contributed by atoms with Crippen molar-refractivity contribution in [3.8, 4) is 0 Å². The van der Waals surface area contributed by atoms with Gasteiger partial charge in [0.25, 0.3) is 5.91 Å². The van der Waals surface area contributed by atoms with E-state index in [1.807, 2.05) is 0 Å². The van der Waals surface area contributed by atoms with Crippen LogP contribution in [0.3, 0.4) is 0 Å². The maximum atomic E-state index is 14.4. The third-order valence-electron chi connectivity index (χ3n) is 7.20. The highest BCUT2D eigenvalue weighted by molar-refractivity contribution is 7.93. The first-order chi connectivity index (χ1) is 19.8. The summed E-state index contributed by atoms with van der Waals surface area (Å²) in [6.07, 6.45) is -3.07. The van der Waals surface area contributed by atoms with Gasteiger partial charge in [-0.05, 0) is 82.2 Å². The summed E-state index contributed by atoms with van der Waals surface area (Å²) in [6, 6.07) is 3.89. The van der Waals surface area contributed by atoms with Gasteiger partial charge >= 0.3 is 12.3 Å². The number of nitrogens with one attached hydrogen (secondary N) is 1. The van der Waals surface area contributed by atoms with Gasteiger partial charge < -0.3 is 15.0 Å². The zero-order chi connectivity index (χ0) is 32.0. The molecule has 2 heterocycles. The van der Waals surface area contributed by atoms with E-state index >= 15 is 0 Å². The maximum absolute atomic E-state index is 14.4. The molecule has 2 amide bonds. The van der Waals surface area contributed by atoms with Crippen molar-refractivity contribution in [1.29, 1.82) is 0 Å². The molecule has 2 fully saturated rings. The van der Waals surface area contributed by atoms with E-state index < -0.39 is 51.4 Å². The second-order valence-electron chi connectivity index (χ2n) is 12.0. The van der Waals surface area contributed by atoms with Gasteiger partial charge in [0.15, 0.2) is 0 Å². The second-order valence-corrected chi connectivity index (χ2v) is 14.2. The molecule has 8 nitrogen and oxygen atoms in total. The van der Waals surface area contributed by atoms with Crippen LogP contribution in [-0.4, -0.2) is 52.1 Å². The van der Waals surface area contributed by atoms with Crippen molar-refractivity contribution in [2.24, 2.45) is 4.36 Å². The van der Waals surface area contributed by atoms with Crippen molar-refractivity contribution in [2.45, 2.75) is 88.4 Å². The van der Waals surface area contributed by atoms with Crippen LogP contribution in [0.4, 0.5) is 38.1 Å². The minimum Gasteiger partial charge on any atom is -0.442 e. The number of ether oxygens (including phenoxy) is 1. The fraction of sp³-hybridized carbons (Fsp3) is 0.552. The minimum absolute atomic E-state index is 0.0385. The van der Waals surface area contributed by atoms with Gasteiger partial charge in [0.1, 0.15) is 20.4 Å². The molecule has 1 aliphatic heterocycles. The Labute approximate surface area is 247 Å². The van der Waals surface area contributed by atoms with Gasteiger partial charge in [-0.2, -0.15) is 13.2 Å². The largest absolute Gasteiger partial charge is 0.442 e. The van der Waals surface area contributed by atoms with Crippen LogP contribution in [0.5, 0.6) is 0 Å². The molecule has 0 bridgehead atoms. The molecule has 1 saturated carbocycles. The molecule has 1 saturated heterocycles. The summed E-state index contributed by atoms with van der Waals surface area (Å²) in [5.74, 6) is -4.14. The molecular weight excluding hydrogens is 595 g/mol. The number of hydrogen-bond acceptors (Lipinski definition) is 6. The SMILES string of the molecule is Cc1c(C(=O)Nc2ccnc([S@](C)(=O)=NC(=O)OC(C)(C)C)c2)c(N2CCCC(F)(F)CC2)cc(C2CC2)c1C(F)(F)F. The lowest BCUT2D eigenvalue weighted by atomic mass is 9.91. The lowest BCUT2D eigenvalue weighted by Gasteiger charge is -2.29. The molecular formula is C29H35F5N4O4S. The fourth-order valence-corrected chi connectivity index (χ4v) is 6.13. The fourth-order valence-electron chi connectivity index (χ4n) is 5.12. The van der Waals surface area contributed by atoms with Crippen molar-refractivity contribution in [3.63, 3.8) is 0 Å². The third-order valence-corrected chi connectivity index (χ3v) is 8.69. The first-order valence-electron chi connectivity index (χ1n) is 13.9. The molecule has 14 heteroatoms. The number of carbonyl (C=O) groups excluding carboxylic acids is 2. The van der Waals surface area contributed by atoms with Gasteiger partial charge in [-0.1, -0.05) is 0 Å². The number of aromatic nitrogens is 1. The number of benzene rings is 1. The smallest absolute Gasteiger partial charge is 0.442 e. The molecule has 236 valence electrons. The standard InChI is InChI=1S/C29H35F5N4O4S/c1-17-23(25(39)36-19-9-12-35-22(15-19)43(5,41)37-26(40)42-27(2,3)4)21(38-13-6-10-28(30,31)11-14-38)16-20(18-7-8-18)24(17)29(32,33)34/h9,12,15-16,18H,6-8,10-11,13-14H2,1-5H3,(H,35,36,39)/t43-/m0/s1. The van der Waals surface area contributed by atoms with Crippen LogP contribution in [0.2, 0.25) is 0 Å². The highest BCUT2D eigenvalue weighted by atomic mass is 32.2. The molecule has 1 N–H and O–H groups in total. The first-order valence-corrected chi connectivity index (χ1v) is 15.8. The molecule has 0 spiro atoms. The lowest BCUT2D eigenvalue weighted by Crippen LogP contribution is -2.30. The van der Waals surface area contributed by atoms with Gasteiger partial charge in [-0.15, -0.1) is 4.36 Å². The number of hydrogen-bond donors (Lipinski definition) is 1. The summed E-state index contributed by atoms with van der Waals surface area (Å²) in [5, 5.41) is 2.39. The van der Waals surface area contributed by atoms with Crippen LogP contribution in [0, 0.1) is 6.92 Å². The van der Waals surface area contributed by atoms with Crippen molar-refractivity contribution < 1.29 is 40.5 Å². The van der Waals surface area contributed by atoms with Crippen molar-refractivity contribution in [3.05, 3.63) is 46.6 Å². The molecule has 2 aliphatic rings. The Morgan fingerprint density at radius 2 is 1.81 bits per heavy atom. The van der Waals surface area contributed by atoms with Crippen LogP contribution in [0.25, 0.3) is 0 Å². The number of anilines is 2. The van der Waals surface area contributed by atoms with E-state index in [0.29, 0.717) is 12.8 Å². The molecule has 0 radical (unpaired) electrons. The summed E-state index contributed by atoms with van der Waals surface area (Å²) in [5.41, 5.74) is -2.10. The van der Waals surface area contributed by atoms with Crippen molar-refractivity contribution in [2.75, 3.05) is 29.6 Å². The molecule has 1 aliphatic carbocycles. The van der Waals surface area contributed by atoms with Crippen LogP contribution < -0.4 is 10.2 Å². The Hall–Kier alpha value is -3.29. The van der Waals surface area contributed by atoms with Crippen LogP contribution in [-0.2, 0) is 20.6 Å². The number of rotatable bonds is 5. The van der Waals surface area contributed by atoms with Crippen molar-refractivity contribution >= 4 is 33.1 Å². The normalized spacial score (nSPS) is 18.8. The van der Waals surface area contributed by atoms with Gasteiger partial charge in [0.05, 0.1) is 16.8 Å². The molecule has 1 aromatic heterocycles. The zero-order valence-corrected chi connectivity index (χ0v) is 25.4. The quantitative estimate of drug-likeness (QED) is 0.343. The average molecular weight is 631 g/mol. The number of pyridine rings is 1. The molecule has 2 aromatic rings. The second kappa shape index (κ2) is 11.7. The summed E-state index contributed by atoms with van der Waals surface area (Å²) < 4.78 is 93.4. The Morgan fingerprint density at radius 1 is 1.14 bits per heavy atom. The Kier molecular flexibility index (Phi) is 8.85. The summed E-state index contributed by atoms with van der Waals surface area (Å²) in [7, 11) is -3.43. The number of nitrogens with zero attached hydrogens (tertiary/aromatic N) is 3. The molecule has 1 atom stereocenters. The van der Waals surface area contributed by atoms with Crippen molar-refractivity contribution in [1.82, 2.24) is 4.98 Å². The number of alkyl halides is 5. The summed E-state index contributed by atoms with van der Waals surface area (Å²) in [4.78, 5) is 31.5. The van der Waals surface area contributed by atoms with Gasteiger partial charge in [0.2, 0.25) is 5.92 Å². The van der Waals surface area contributed by atoms with E-state index in [1.165, 1.54) is 31.3 Å². The van der Waals surface area contributed by atoms with E-state index in [2.05, 4.69) is 14.7 Å². The van der Waals surface area contributed by atoms with Gasteiger partial charge in [-0.3, -0.25) is 4.79 Å². The maximum Gasteiger partial charge on any atom is 0.442 e. The molecule has 1 aromatic carbocycles. The zero-order valence-electron chi connectivity index (χ0n) is 24.6. The Bertz CT molecular complexity index is 1540. The van der Waals surface area contributed by atoms with E-state index in [0.717, 1.165) is 6.26 Å². The molecule has 4 rings (SSSR count). The van der Waals surface area contributed by atoms with Crippen LogP contribution in [0.15, 0.2) is 33.8 Å². The van der Waals surface area contributed by atoms with Crippen LogP contribution >= 0.6 is 0 Å². The lowest BCUT2D eigenvalue weighted by molar-refractivity contribution is -0.138. The number of halogens is 5. The van der Waals surface area contributed by atoms with E-state index in [1.54, 1.807) is 25.7 Å². The highest BCUT2D eigenvalue weighted by Gasteiger charge is 2.43. The van der Waals surface area contributed by atoms with E-state index in [-0.39, 0.29) is 64.9 Å². The molecule has 0 unspecified atom stereocenters. The predicted molar refractivity (Wildman–Crippen MR) is 152 cm³/mol. The molecule has 43 heavy (non-hydrogen) atoms. The number of amides is 2. The summed E-state index contributed by atoms with van der Waals surface area (Å²) >= 11 is 0. The average Bonchev–Trinajstić information content (AvgIpc) is 3.69. The van der Waals surface area contributed by atoms with Crippen LogP contribution in [0.1, 0.15) is 85.8 Å².